The summed E-state index contributed by atoms with van der Waals surface area (Å²) in [5.41, 5.74) is 1.26. The normalized spacial score (nSPS) is 11.9. The molecule has 6 heteroatoms. The van der Waals surface area contributed by atoms with Gasteiger partial charge in [-0.3, -0.25) is 4.79 Å². The smallest absolute Gasteiger partial charge is 0.326 e. The Kier molecular flexibility index (Phi) is 4.71. The molecule has 0 fully saturated rings. The van der Waals surface area contributed by atoms with Crippen LogP contribution in [-0.2, 0) is 4.79 Å². The van der Waals surface area contributed by atoms with Crippen molar-refractivity contribution < 1.29 is 14.7 Å². The van der Waals surface area contributed by atoms with Crippen molar-refractivity contribution in [2.24, 2.45) is 0 Å². The summed E-state index contributed by atoms with van der Waals surface area (Å²) in [5, 5.41) is 15.7. The summed E-state index contributed by atoms with van der Waals surface area (Å²) in [5.74, 6) is -1.40. The molecule has 0 bridgehead atoms. The molecule has 1 atom stereocenters. The molecule has 0 spiro atoms. The van der Waals surface area contributed by atoms with Gasteiger partial charge in [0.05, 0.1) is 5.69 Å². The number of carbonyl (C=O) groups is 2. The van der Waals surface area contributed by atoms with Gasteiger partial charge < -0.3 is 10.4 Å². The van der Waals surface area contributed by atoms with Gasteiger partial charge >= 0.3 is 5.97 Å². The van der Waals surface area contributed by atoms with Crippen molar-refractivity contribution in [1.82, 2.24) is 15.1 Å². The van der Waals surface area contributed by atoms with E-state index in [2.05, 4.69) is 10.4 Å². The molecule has 1 aromatic carbocycles. The third-order valence-electron chi connectivity index (χ3n) is 3.08. The minimum Gasteiger partial charge on any atom is -0.480 e. The summed E-state index contributed by atoms with van der Waals surface area (Å²) >= 11 is 0. The number of carbonyl (C=O) groups excluding carboxylic acids is 1. The summed E-state index contributed by atoms with van der Waals surface area (Å²) in [6.07, 6.45) is 4.57. The minimum absolute atomic E-state index is 0.386. The molecule has 2 rings (SSSR count). The predicted octanol–water partition coefficient (Wildman–Crippen LogP) is 1.86. The van der Waals surface area contributed by atoms with Crippen molar-refractivity contribution in [3.63, 3.8) is 0 Å². The summed E-state index contributed by atoms with van der Waals surface area (Å²) in [6, 6.07) is 7.78. The number of hydrogen-bond acceptors (Lipinski definition) is 3. The van der Waals surface area contributed by atoms with Crippen LogP contribution >= 0.6 is 0 Å². The number of aliphatic carboxylic acids is 1. The van der Waals surface area contributed by atoms with Crippen molar-refractivity contribution in [3.8, 4) is 5.69 Å². The van der Waals surface area contributed by atoms with Gasteiger partial charge in [0.25, 0.3) is 5.91 Å². The molecule has 0 aliphatic rings. The number of carboxylic acids is 1. The number of rotatable bonds is 6. The molecule has 0 saturated heterocycles. The maximum absolute atomic E-state index is 12.0. The summed E-state index contributed by atoms with van der Waals surface area (Å²) in [4.78, 5) is 23.1. The fourth-order valence-electron chi connectivity index (χ4n) is 1.97. The third-order valence-corrected chi connectivity index (χ3v) is 3.08. The first-order valence-electron chi connectivity index (χ1n) is 6.75. The average Bonchev–Trinajstić information content (AvgIpc) is 3.01. The molecule has 0 radical (unpaired) electrons. The number of benzene rings is 1. The highest BCUT2D eigenvalue weighted by Crippen LogP contribution is 2.09. The van der Waals surface area contributed by atoms with Crippen molar-refractivity contribution in [2.45, 2.75) is 25.8 Å². The topological polar surface area (TPSA) is 84.2 Å². The van der Waals surface area contributed by atoms with Crippen LogP contribution in [0.25, 0.3) is 5.69 Å². The summed E-state index contributed by atoms with van der Waals surface area (Å²) in [7, 11) is 0. The van der Waals surface area contributed by atoms with Gasteiger partial charge in [0.1, 0.15) is 6.04 Å². The molecule has 21 heavy (non-hydrogen) atoms. The SMILES string of the molecule is CCC[C@H](NC(=O)c1ccc(-n2cccn2)cc1)C(=O)O. The molecule has 1 aromatic heterocycles. The lowest BCUT2D eigenvalue weighted by atomic mass is 10.1. The van der Waals surface area contributed by atoms with Crippen LogP contribution in [0.15, 0.2) is 42.7 Å². The second-order valence-electron chi connectivity index (χ2n) is 4.65. The standard InChI is InChI=1S/C15H17N3O3/c1-2-4-13(15(20)21)17-14(19)11-5-7-12(8-6-11)18-10-3-9-16-18/h3,5-10,13H,2,4H2,1H3,(H,17,19)(H,20,21)/t13-/m0/s1. The highest BCUT2D eigenvalue weighted by molar-refractivity contribution is 5.96. The average molecular weight is 287 g/mol. The molecule has 110 valence electrons. The fourth-order valence-corrected chi connectivity index (χ4v) is 1.97. The molecule has 0 saturated carbocycles. The molecule has 2 aromatic rings. The van der Waals surface area contributed by atoms with Gasteiger partial charge in [-0.15, -0.1) is 0 Å². The predicted molar refractivity (Wildman–Crippen MR) is 77.4 cm³/mol. The van der Waals surface area contributed by atoms with E-state index in [-0.39, 0.29) is 5.91 Å². The van der Waals surface area contributed by atoms with E-state index in [9.17, 15) is 9.59 Å². The summed E-state index contributed by atoms with van der Waals surface area (Å²) < 4.78 is 1.68. The monoisotopic (exact) mass is 287 g/mol. The molecule has 6 nitrogen and oxygen atoms in total. The first kappa shape index (κ1) is 14.8. The van der Waals surface area contributed by atoms with Crippen LogP contribution in [0.2, 0.25) is 0 Å². The number of nitrogens with one attached hydrogen (secondary N) is 1. The molecule has 0 aliphatic heterocycles. The maximum Gasteiger partial charge on any atom is 0.326 e. The molecule has 1 amide bonds. The van der Waals surface area contributed by atoms with Crippen LogP contribution < -0.4 is 5.32 Å². The highest BCUT2D eigenvalue weighted by Gasteiger charge is 2.19. The van der Waals surface area contributed by atoms with E-state index in [1.54, 1.807) is 41.3 Å². The second kappa shape index (κ2) is 6.69. The maximum atomic E-state index is 12.0. The quantitative estimate of drug-likeness (QED) is 0.849. The Labute approximate surface area is 122 Å². The van der Waals surface area contributed by atoms with E-state index in [1.807, 2.05) is 13.0 Å². The van der Waals surface area contributed by atoms with Crippen LogP contribution in [0.1, 0.15) is 30.1 Å². The van der Waals surface area contributed by atoms with E-state index >= 15 is 0 Å². The zero-order valence-corrected chi connectivity index (χ0v) is 11.7. The first-order chi connectivity index (χ1) is 10.1. The lowest BCUT2D eigenvalue weighted by Gasteiger charge is -2.13. The van der Waals surface area contributed by atoms with E-state index in [4.69, 9.17) is 5.11 Å². The molecule has 0 aliphatic carbocycles. The number of aromatic nitrogens is 2. The molecule has 0 unspecified atom stereocenters. The number of nitrogens with zero attached hydrogens (tertiary/aromatic N) is 2. The largest absolute Gasteiger partial charge is 0.480 e. The van der Waals surface area contributed by atoms with Gasteiger partial charge in [0, 0.05) is 18.0 Å². The van der Waals surface area contributed by atoms with E-state index < -0.39 is 12.0 Å². The van der Waals surface area contributed by atoms with Crippen LogP contribution in [-0.4, -0.2) is 32.8 Å². The lowest BCUT2D eigenvalue weighted by molar-refractivity contribution is -0.139. The molecule has 2 N–H and O–H groups in total. The van der Waals surface area contributed by atoms with Crippen LogP contribution in [0.5, 0.6) is 0 Å². The molecular weight excluding hydrogens is 270 g/mol. The van der Waals surface area contributed by atoms with E-state index in [0.29, 0.717) is 18.4 Å². The lowest BCUT2D eigenvalue weighted by Crippen LogP contribution is -2.40. The van der Waals surface area contributed by atoms with E-state index in [0.717, 1.165) is 5.69 Å². The Balaban J connectivity index is 2.07. The van der Waals surface area contributed by atoms with Crippen molar-refractivity contribution in [2.75, 3.05) is 0 Å². The van der Waals surface area contributed by atoms with Gasteiger partial charge in [-0.05, 0) is 36.8 Å². The Morgan fingerprint density at radius 3 is 2.57 bits per heavy atom. The Morgan fingerprint density at radius 2 is 2.05 bits per heavy atom. The zero-order valence-electron chi connectivity index (χ0n) is 11.7. The Hall–Kier alpha value is -2.63. The van der Waals surface area contributed by atoms with Gasteiger partial charge in [0.15, 0.2) is 0 Å². The van der Waals surface area contributed by atoms with Gasteiger partial charge in [-0.1, -0.05) is 13.3 Å². The van der Waals surface area contributed by atoms with Crippen LogP contribution in [0, 0.1) is 0 Å². The number of amides is 1. The fraction of sp³-hybridized carbons (Fsp3) is 0.267. The van der Waals surface area contributed by atoms with Gasteiger partial charge in [0.2, 0.25) is 0 Å². The third kappa shape index (κ3) is 3.68. The number of carboxylic acid groups (broad SMARTS) is 1. The molecular formula is C15H17N3O3. The van der Waals surface area contributed by atoms with Gasteiger partial charge in [-0.2, -0.15) is 5.10 Å². The molecule has 1 heterocycles. The van der Waals surface area contributed by atoms with Gasteiger partial charge in [-0.25, -0.2) is 9.48 Å². The van der Waals surface area contributed by atoms with E-state index in [1.165, 1.54) is 0 Å². The minimum atomic E-state index is -1.02. The Morgan fingerprint density at radius 1 is 1.33 bits per heavy atom. The zero-order chi connectivity index (χ0) is 15.2. The number of hydrogen-bond donors (Lipinski definition) is 2. The second-order valence-corrected chi connectivity index (χ2v) is 4.65. The Bertz CT molecular complexity index is 606. The van der Waals surface area contributed by atoms with Crippen molar-refractivity contribution in [3.05, 3.63) is 48.3 Å². The highest BCUT2D eigenvalue weighted by atomic mass is 16.4. The van der Waals surface area contributed by atoms with Crippen LogP contribution in [0.3, 0.4) is 0 Å². The van der Waals surface area contributed by atoms with Crippen molar-refractivity contribution in [1.29, 1.82) is 0 Å². The first-order valence-corrected chi connectivity index (χ1v) is 6.75. The summed E-state index contributed by atoms with van der Waals surface area (Å²) in [6.45, 7) is 1.88. The van der Waals surface area contributed by atoms with Crippen LogP contribution in [0.4, 0.5) is 0 Å². The van der Waals surface area contributed by atoms with Crippen molar-refractivity contribution >= 4 is 11.9 Å².